The van der Waals surface area contributed by atoms with Crippen molar-refractivity contribution in [2.24, 2.45) is 0 Å². The van der Waals surface area contributed by atoms with Crippen LogP contribution in [-0.4, -0.2) is 32.5 Å². The molecule has 0 aromatic carbocycles. The average Bonchev–Trinajstić information content (AvgIpc) is 2.73. The van der Waals surface area contributed by atoms with E-state index in [1.807, 2.05) is 0 Å². The molecule has 0 saturated carbocycles. The van der Waals surface area contributed by atoms with Crippen LogP contribution in [0.3, 0.4) is 0 Å². The fourth-order valence-electron chi connectivity index (χ4n) is 2.50. The van der Waals surface area contributed by atoms with Crippen molar-refractivity contribution in [1.29, 1.82) is 0 Å². The van der Waals surface area contributed by atoms with Crippen molar-refractivity contribution in [2.45, 2.75) is 44.6 Å². The zero-order valence-corrected chi connectivity index (χ0v) is 10.6. The van der Waals surface area contributed by atoms with Crippen LogP contribution in [0.5, 0.6) is 0 Å². The lowest BCUT2D eigenvalue weighted by Crippen LogP contribution is -2.38. The third-order valence-electron chi connectivity index (χ3n) is 3.57. The topological polar surface area (TPSA) is 46.2 Å². The van der Waals surface area contributed by atoms with E-state index in [2.05, 4.69) is 11.4 Å². The van der Waals surface area contributed by atoms with Crippen molar-refractivity contribution >= 4 is 9.84 Å². The van der Waals surface area contributed by atoms with Crippen LogP contribution < -0.4 is 5.32 Å². The molecule has 0 bridgehead atoms. The Morgan fingerprint density at radius 1 is 1.31 bits per heavy atom. The SMILES string of the molecule is O=S1(=O)CCC(NCCC2=CCCC2)CC1. The molecule has 1 aliphatic carbocycles. The molecular weight excluding hydrogens is 222 g/mol. The highest BCUT2D eigenvalue weighted by Crippen LogP contribution is 2.20. The highest BCUT2D eigenvalue weighted by Gasteiger charge is 2.22. The predicted octanol–water partition coefficient (Wildman–Crippen LogP) is 1.65. The lowest BCUT2D eigenvalue weighted by molar-refractivity contribution is 0.465. The minimum Gasteiger partial charge on any atom is -0.314 e. The fraction of sp³-hybridized carbons (Fsp3) is 0.833. The lowest BCUT2D eigenvalue weighted by atomic mass is 10.1. The first-order chi connectivity index (χ1) is 7.66. The predicted molar refractivity (Wildman–Crippen MR) is 66.2 cm³/mol. The molecule has 2 rings (SSSR count). The number of allylic oxidation sites excluding steroid dienone is 1. The highest BCUT2D eigenvalue weighted by molar-refractivity contribution is 7.91. The van der Waals surface area contributed by atoms with Gasteiger partial charge in [0, 0.05) is 6.04 Å². The standard InChI is InChI=1S/C12H21NO2S/c14-16(15)9-6-12(7-10-16)13-8-5-11-3-1-2-4-11/h3,12-13H,1-2,4-10H2. The Labute approximate surface area is 98.2 Å². The van der Waals surface area contributed by atoms with Crippen molar-refractivity contribution in [2.75, 3.05) is 18.1 Å². The Morgan fingerprint density at radius 2 is 2.06 bits per heavy atom. The van der Waals surface area contributed by atoms with Gasteiger partial charge in [0.05, 0.1) is 11.5 Å². The van der Waals surface area contributed by atoms with E-state index in [0.717, 1.165) is 25.8 Å². The van der Waals surface area contributed by atoms with Crippen LogP contribution >= 0.6 is 0 Å². The lowest BCUT2D eigenvalue weighted by Gasteiger charge is -2.23. The van der Waals surface area contributed by atoms with Gasteiger partial charge in [0.15, 0.2) is 0 Å². The molecular formula is C12H21NO2S. The van der Waals surface area contributed by atoms with Crippen LogP contribution in [0.15, 0.2) is 11.6 Å². The van der Waals surface area contributed by atoms with Gasteiger partial charge in [0.1, 0.15) is 9.84 Å². The Hall–Kier alpha value is -0.350. The first-order valence-corrected chi connectivity index (χ1v) is 8.09. The number of rotatable bonds is 4. The van der Waals surface area contributed by atoms with Crippen molar-refractivity contribution in [3.05, 3.63) is 11.6 Å². The van der Waals surface area contributed by atoms with Gasteiger partial charge in [-0.05, 0) is 45.1 Å². The van der Waals surface area contributed by atoms with E-state index in [0.29, 0.717) is 17.5 Å². The molecule has 0 spiro atoms. The van der Waals surface area contributed by atoms with Crippen molar-refractivity contribution in [3.63, 3.8) is 0 Å². The van der Waals surface area contributed by atoms with Crippen LogP contribution in [0.4, 0.5) is 0 Å². The van der Waals surface area contributed by atoms with E-state index in [4.69, 9.17) is 0 Å². The van der Waals surface area contributed by atoms with E-state index in [1.54, 1.807) is 5.57 Å². The molecule has 4 heteroatoms. The van der Waals surface area contributed by atoms with Gasteiger partial charge in [-0.25, -0.2) is 8.42 Å². The molecule has 3 nitrogen and oxygen atoms in total. The smallest absolute Gasteiger partial charge is 0.150 e. The Morgan fingerprint density at radius 3 is 2.69 bits per heavy atom. The molecule has 1 aliphatic heterocycles. The Balaban J connectivity index is 1.64. The zero-order chi connectivity index (χ0) is 11.4. The molecule has 16 heavy (non-hydrogen) atoms. The number of hydrogen-bond acceptors (Lipinski definition) is 3. The van der Waals surface area contributed by atoms with E-state index in [-0.39, 0.29) is 0 Å². The third-order valence-corrected chi connectivity index (χ3v) is 5.28. The van der Waals surface area contributed by atoms with Crippen molar-refractivity contribution in [1.82, 2.24) is 5.32 Å². The minimum atomic E-state index is -2.71. The molecule has 2 aliphatic rings. The van der Waals surface area contributed by atoms with E-state index in [9.17, 15) is 8.42 Å². The van der Waals surface area contributed by atoms with E-state index in [1.165, 1.54) is 19.3 Å². The molecule has 0 aromatic heterocycles. The summed E-state index contributed by atoms with van der Waals surface area (Å²) in [6.45, 7) is 1.01. The summed E-state index contributed by atoms with van der Waals surface area (Å²) in [7, 11) is -2.71. The van der Waals surface area contributed by atoms with Gasteiger partial charge in [-0.1, -0.05) is 11.6 Å². The Bertz CT molecular complexity index is 345. The number of sulfone groups is 1. The second-order valence-electron chi connectivity index (χ2n) is 4.88. The van der Waals surface area contributed by atoms with Gasteiger partial charge in [-0.3, -0.25) is 0 Å². The molecule has 1 heterocycles. The molecule has 0 unspecified atom stereocenters. The van der Waals surface area contributed by atoms with Crippen LogP contribution in [-0.2, 0) is 9.84 Å². The Kier molecular flexibility index (Phi) is 4.03. The van der Waals surface area contributed by atoms with Gasteiger partial charge < -0.3 is 5.32 Å². The largest absolute Gasteiger partial charge is 0.314 e. The summed E-state index contributed by atoms with van der Waals surface area (Å²) < 4.78 is 22.5. The van der Waals surface area contributed by atoms with Crippen molar-refractivity contribution in [3.8, 4) is 0 Å². The molecule has 1 N–H and O–H groups in total. The van der Waals surface area contributed by atoms with E-state index >= 15 is 0 Å². The summed E-state index contributed by atoms with van der Waals surface area (Å²) in [4.78, 5) is 0. The molecule has 1 saturated heterocycles. The monoisotopic (exact) mass is 243 g/mol. The quantitative estimate of drug-likeness (QED) is 0.764. The summed E-state index contributed by atoms with van der Waals surface area (Å²) in [5.41, 5.74) is 1.58. The van der Waals surface area contributed by atoms with Gasteiger partial charge >= 0.3 is 0 Å². The maximum absolute atomic E-state index is 11.2. The first kappa shape index (κ1) is 12.1. The maximum Gasteiger partial charge on any atom is 0.150 e. The average molecular weight is 243 g/mol. The number of nitrogens with one attached hydrogen (secondary N) is 1. The second kappa shape index (κ2) is 5.32. The second-order valence-corrected chi connectivity index (χ2v) is 7.19. The van der Waals surface area contributed by atoms with Crippen molar-refractivity contribution < 1.29 is 8.42 Å². The van der Waals surface area contributed by atoms with Gasteiger partial charge in [-0.15, -0.1) is 0 Å². The summed E-state index contributed by atoms with van der Waals surface area (Å²) in [5.74, 6) is 0.737. The molecule has 0 amide bonds. The van der Waals surface area contributed by atoms with Crippen LogP contribution in [0, 0.1) is 0 Å². The van der Waals surface area contributed by atoms with Gasteiger partial charge in [0.25, 0.3) is 0 Å². The summed E-state index contributed by atoms with van der Waals surface area (Å²) in [6.07, 6.45) is 8.91. The molecule has 1 fully saturated rings. The van der Waals surface area contributed by atoms with Gasteiger partial charge in [-0.2, -0.15) is 0 Å². The summed E-state index contributed by atoms with van der Waals surface area (Å²) in [6, 6.07) is 0.422. The fourth-order valence-corrected chi connectivity index (χ4v) is 3.99. The summed E-state index contributed by atoms with van der Waals surface area (Å²) in [5, 5.41) is 3.48. The molecule has 0 radical (unpaired) electrons. The highest BCUT2D eigenvalue weighted by atomic mass is 32.2. The van der Waals surface area contributed by atoms with E-state index < -0.39 is 9.84 Å². The van der Waals surface area contributed by atoms with Crippen LogP contribution in [0.1, 0.15) is 38.5 Å². The normalized spacial score (nSPS) is 25.6. The van der Waals surface area contributed by atoms with Crippen LogP contribution in [0.2, 0.25) is 0 Å². The minimum absolute atomic E-state index is 0.368. The number of hydrogen-bond donors (Lipinski definition) is 1. The van der Waals surface area contributed by atoms with Crippen LogP contribution in [0.25, 0.3) is 0 Å². The molecule has 92 valence electrons. The summed E-state index contributed by atoms with van der Waals surface area (Å²) >= 11 is 0. The first-order valence-electron chi connectivity index (χ1n) is 6.27. The molecule has 0 atom stereocenters. The maximum atomic E-state index is 11.2. The zero-order valence-electron chi connectivity index (χ0n) is 9.74. The molecule has 0 aromatic rings. The third kappa shape index (κ3) is 3.59. The van der Waals surface area contributed by atoms with Gasteiger partial charge in [0.2, 0.25) is 0 Å².